The number of aromatic nitrogens is 3. The Labute approximate surface area is 64.7 Å². The molecule has 0 unspecified atom stereocenters. The maximum atomic E-state index is 5.60. The predicted molar refractivity (Wildman–Crippen MR) is 41.8 cm³/mol. The van der Waals surface area contributed by atoms with Gasteiger partial charge in [-0.25, -0.2) is 5.84 Å². The fourth-order valence-electron chi connectivity index (χ4n) is 0.681. The first-order chi connectivity index (χ1) is 5.34. The fraction of sp³-hybridized carbons (Fsp3) is 0.600. The molecule has 0 amide bonds. The van der Waals surface area contributed by atoms with Crippen molar-refractivity contribution in [3.8, 4) is 0 Å². The summed E-state index contributed by atoms with van der Waals surface area (Å²) in [4.78, 5) is 0. The summed E-state index contributed by atoms with van der Waals surface area (Å²) < 4.78 is 0. The number of aromatic amines is 1. The van der Waals surface area contributed by atoms with Crippen LogP contribution < -0.4 is 16.2 Å². The van der Waals surface area contributed by atoms with Gasteiger partial charge >= 0.3 is 0 Å². The van der Waals surface area contributed by atoms with Gasteiger partial charge < -0.3 is 5.32 Å². The summed E-state index contributed by atoms with van der Waals surface area (Å²) >= 11 is 0. The Kier molecular flexibility index (Phi) is 2.82. The van der Waals surface area contributed by atoms with E-state index in [1.165, 1.54) is 5.01 Å². The molecule has 4 N–H and O–H groups in total. The van der Waals surface area contributed by atoms with E-state index in [2.05, 4.69) is 20.7 Å². The highest BCUT2D eigenvalue weighted by atomic mass is 15.5. The van der Waals surface area contributed by atoms with Gasteiger partial charge in [0.05, 0.1) is 6.20 Å². The molecule has 0 saturated carbocycles. The lowest BCUT2D eigenvalue weighted by Gasteiger charge is -2.13. The topological polar surface area (TPSA) is 82.9 Å². The van der Waals surface area contributed by atoms with E-state index in [4.69, 9.17) is 5.84 Å². The number of hydrogen-bond acceptors (Lipinski definition) is 5. The maximum absolute atomic E-state index is 5.60. The zero-order valence-corrected chi connectivity index (χ0v) is 6.41. The lowest BCUT2D eigenvalue weighted by atomic mass is 10.6. The van der Waals surface area contributed by atoms with Gasteiger partial charge in [0, 0.05) is 13.1 Å². The van der Waals surface area contributed by atoms with Crippen LogP contribution in [0, 0.1) is 0 Å². The van der Waals surface area contributed by atoms with Crippen molar-refractivity contribution in [2.45, 2.75) is 0 Å². The molecule has 0 fully saturated rings. The van der Waals surface area contributed by atoms with E-state index in [0.717, 1.165) is 6.54 Å². The number of nitrogens with zero attached hydrogens (tertiary/aromatic N) is 3. The van der Waals surface area contributed by atoms with E-state index >= 15 is 0 Å². The highest BCUT2D eigenvalue weighted by Gasteiger charge is 2.01. The molecule has 0 aliphatic heterocycles. The second kappa shape index (κ2) is 3.89. The molecule has 62 valence electrons. The van der Waals surface area contributed by atoms with E-state index < -0.39 is 0 Å². The van der Waals surface area contributed by atoms with Crippen LogP contribution in [0.3, 0.4) is 0 Å². The van der Waals surface area contributed by atoms with Crippen LogP contribution in [0.25, 0.3) is 0 Å². The van der Waals surface area contributed by atoms with Crippen molar-refractivity contribution in [2.24, 2.45) is 5.84 Å². The smallest absolute Gasteiger partial charge is 0.184 e. The van der Waals surface area contributed by atoms with Crippen molar-refractivity contribution in [3.63, 3.8) is 0 Å². The van der Waals surface area contributed by atoms with Crippen LogP contribution in [0.2, 0.25) is 0 Å². The lowest BCUT2D eigenvalue weighted by molar-refractivity contribution is 0.733. The van der Waals surface area contributed by atoms with Crippen LogP contribution in [0.1, 0.15) is 0 Å². The van der Waals surface area contributed by atoms with Crippen molar-refractivity contribution in [3.05, 3.63) is 6.20 Å². The molecule has 0 aliphatic carbocycles. The molecule has 1 rings (SSSR count). The molecule has 0 spiro atoms. The number of likely N-dealkylation sites (N-methyl/N-ethyl adjacent to an activating group) is 1. The molecule has 6 heteroatoms. The molecule has 1 aromatic heterocycles. The van der Waals surface area contributed by atoms with Crippen LogP contribution in [0.4, 0.5) is 5.82 Å². The average molecular weight is 156 g/mol. The number of anilines is 1. The summed E-state index contributed by atoms with van der Waals surface area (Å²) in [5.41, 5.74) is 0. The monoisotopic (exact) mass is 156 g/mol. The number of nitrogens with one attached hydrogen (secondary N) is 2. The van der Waals surface area contributed by atoms with Crippen LogP contribution in [0.5, 0.6) is 0 Å². The van der Waals surface area contributed by atoms with E-state index in [1.807, 2.05) is 7.05 Å². The molecule has 0 bridgehead atoms. The molecule has 0 aromatic carbocycles. The van der Waals surface area contributed by atoms with E-state index in [9.17, 15) is 0 Å². The van der Waals surface area contributed by atoms with Crippen molar-refractivity contribution >= 4 is 5.82 Å². The summed E-state index contributed by atoms with van der Waals surface area (Å²) in [6.45, 7) is 1.53. The van der Waals surface area contributed by atoms with Crippen LogP contribution in [0.15, 0.2) is 6.20 Å². The first-order valence-corrected chi connectivity index (χ1v) is 3.37. The molecular formula is C5H12N6. The molecule has 11 heavy (non-hydrogen) atoms. The quantitative estimate of drug-likeness (QED) is 0.373. The highest BCUT2D eigenvalue weighted by Crippen LogP contribution is 1.99. The van der Waals surface area contributed by atoms with E-state index in [1.54, 1.807) is 6.20 Å². The van der Waals surface area contributed by atoms with Gasteiger partial charge in [-0.05, 0) is 7.05 Å². The number of H-pyrrole nitrogens is 1. The normalized spacial score (nSPS) is 10.0. The van der Waals surface area contributed by atoms with Crippen molar-refractivity contribution < 1.29 is 0 Å². The third-order valence-electron chi connectivity index (χ3n) is 1.30. The average Bonchev–Trinajstić information content (AvgIpc) is 2.52. The van der Waals surface area contributed by atoms with Gasteiger partial charge in [-0.1, -0.05) is 0 Å². The maximum Gasteiger partial charge on any atom is 0.184 e. The Balaban J connectivity index is 2.36. The Morgan fingerprint density at radius 1 is 1.82 bits per heavy atom. The summed E-state index contributed by atoms with van der Waals surface area (Å²) in [6.07, 6.45) is 1.58. The van der Waals surface area contributed by atoms with Crippen LogP contribution >= 0.6 is 0 Å². The first kappa shape index (κ1) is 7.96. The van der Waals surface area contributed by atoms with Gasteiger partial charge in [-0.3, -0.25) is 5.01 Å². The minimum atomic E-state index is 0.653. The largest absolute Gasteiger partial charge is 0.318 e. The molecule has 0 saturated heterocycles. The van der Waals surface area contributed by atoms with Gasteiger partial charge in [0.15, 0.2) is 5.82 Å². The standard InChI is InChI=1S/C5H12N6/c1-7-2-3-11(6)5-4-8-10-9-5/h4,7H,2-3,6H2,1H3,(H,8,9,10). The van der Waals surface area contributed by atoms with Gasteiger partial charge in [0.2, 0.25) is 0 Å². The Morgan fingerprint density at radius 2 is 2.64 bits per heavy atom. The molecule has 1 heterocycles. The van der Waals surface area contributed by atoms with E-state index in [0.29, 0.717) is 12.4 Å². The number of rotatable bonds is 4. The van der Waals surface area contributed by atoms with Crippen LogP contribution in [-0.2, 0) is 0 Å². The SMILES string of the molecule is CNCCN(N)c1cn[nH]n1. The van der Waals surface area contributed by atoms with E-state index in [-0.39, 0.29) is 0 Å². The summed E-state index contributed by atoms with van der Waals surface area (Å²) in [6, 6.07) is 0. The second-order valence-electron chi connectivity index (χ2n) is 2.13. The van der Waals surface area contributed by atoms with Gasteiger partial charge in [0.1, 0.15) is 0 Å². The third kappa shape index (κ3) is 2.17. The molecular weight excluding hydrogens is 144 g/mol. The number of hydrazine groups is 1. The predicted octanol–water partition coefficient (Wildman–Crippen LogP) is -1.30. The zero-order chi connectivity index (χ0) is 8.10. The minimum absolute atomic E-state index is 0.653. The fourth-order valence-corrected chi connectivity index (χ4v) is 0.681. The third-order valence-corrected chi connectivity index (χ3v) is 1.30. The lowest BCUT2D eigenvalue weighted by Crippen LogP contribution is -2.36. The minimum Gasteiger partial charge on any atom is -0.318 e. The second-order valence-corrected chi connectivity index (χ2v) is 2.13. The molecule has 0 atom stereocenters. The molecule has 0 radical (unpaired) electrons. The molecule has 6 nitrogen and oxygen atoms in total. The summed E-state index contributed by atoms with van der Waals surface area (Å²) in [7, 11) is 1.87. The summed E-state index contributed by atoms with van der Waals surface area (Å²) in [5.74, 6) is 6.25. The van der Waals surface area contributed by atoms with Crippen molar-refractivity contribution in [2.75, 3.05) is 25.1 Å². The van der Waals surface area contributed by atoms with Gasteiger partial charge in [0.25, 0.3) is 0 Å². The Morgan fingerprint density at radius 3 is 3.18 bits per heavy atom. The van der Waals surface area contributed by atoms with Crippen molar-refractivity contribution in [1.29, 1.82) is 0 Å². The van der Waals surface area contributed by atoms with Gasteiger partial charge in [-0.2, -0.15) is 10.3 Å². The van der Waals surface area contributed by atoms with Gasteiger partial charge in [-0.15, -0.1) is 5.10 Å². The summed E-state index contributed by atoms with van der Waals surface area (Å²) in [5, 5.41) is 14.4. The molecule has 1 aromatic rings. The first-order valence-electron chi connectivity index (χ1n) is 3.37. The Bertz CT molecular complexity index is 183. The van der Waals surface area contributed by atoms with Crippen LogP contribution in [-0.4, -0.2) is 35.5 Å². The zero-order valence-electron chi connectivity index (χ0n) is 6.41. The number of hydrogen-bond donors (Lipinski definition) is 3. The van der Waals surface area contributed by atoms with Crippen molar-refractivity contribution in [1.82, 2.24) is 20.7 Å². The molecule has 0 aliphatic rings. The highest BCUT2D eigenvalue weighted by molar-refractivity contribution is 5.30. The Hall–Kier alpha value is -1.14. The number of nitrogens with two attached hydrogens (primary N) is 1.